The van der Waals surface area contributed by atoms with Crippen LogP contribution in [-0.4, -0.2) is 21.5 Å². The highest BCUT2D eigenvalue weighted by atomic mass is 35.5. The number of anilines is 2. The van der Waals surface area contributed by atoms with Crippen molar-refractivity contribution in [2.24, 2.45) is 0 Å². The summed E-state index contributed by atoms with van der Waals surface area (Å²) in [5.41, 5.74) is 6.10. The van der Waals surface area contributed by atoms with Gasteiger partial charge >= 0.3 is 0 Å². The lowest BCUT2D eigenvalue weighted by atomic mass is 10.1. The molecule has 2 aliphatic heterocycles. The number of benzene rings is 1. The highest BCUT2D eigenvalue weighted by Crippen LogP contribution is 2.41. The first-order valence-electron chi connectivity index (χ1n) is 7.78. The van der Waals surface area contributed by atoms with E-state index in [1.54, 1.807) is 0 Å². The van der Waals surface area contributed by atoms with Gasteiger partial charge in [-0.15, -0.1) is 0 Å². The third kappa shape index (κ3) is 1.85. The van der Waals surface area contributed by atoms with Gasteiger partial charge in [-0.3, -0.25) is 10.0 Å². The maximum Gasteiger partial charge on any atom is 0.182 e. The number of aryl methyl sites for hydroxylation is 1. The Morgan fingerprint density at radius 2 is 1.79 bits per heavy atom. The third-order valence-corrected chi connectivity index (χ3v) is 5.42. The summed E-state index contributed by atoms with van der Waals surface area (Å²) in [6.45, 7) is 3.73. The van der Waals surface area contributed by atoms with Crippen molar-refractivity contribution in [1.29, 1.82) is 0 Å². The smallest absolute Gasteiger partial charge is 0.182 e. The summed E-state index contributed by atoms with van der Waals surface area (Å²) in [5, 5.41) is 4.92. The van der Waals surface area contributed by atoms with Gasteiger partial charge in [-0.2, -0.15) is 0 Å². The van der Waals surface area contributed by atoms with Crippen LogP contribution in [0.15, 0.2) is 24.3 Å². The first kappa shape index (κ1) is 14.3. The monoisotopic (exact) mass is 357 g/mol. The van der Waals surface area contributed by atoms with Gasteiger partial charge < -0.3 is 0 Å². The second kappa shape index (κ2) is 4.94. The average Bonchev–Trinajstić information content (AvgIpc) is 2.96. The normalized spacial score (nSPS) is 15.5. The summed E-state index contributed by atoms with van der Waals surface area (Å²) in [4.78, 5) is 13.4. The van der Waals surface area contributed by atoms with E-state index in [1.807, 2.05) is 6.92 Å². The van der Waals surface area contributed by atoms with Crippen LogP contribution in [0.4, 0.5) is 11.5 Å². The van der Waals surface area contributed by atoms with Crippen LogP contribution in [0.3, 0.4) is 0 Å². The minimum absolute atomic E-state index is 0.190. The Morgan fingerprint density at radius 3 is 2.67 bits per heavy atom. The van der Waals surface area contributed by atoms with Gasteiger partial charge in [0.05, 0.1) is 12.2 Å². The number of rotatable bonds is 0. The number of halogens is 2. The number of hydrogen-bond acceptors (Lipinski definition) is 5. The zero-order chi connectivity index (χ0) is 16.4. The Labute approximate surface area is 148 Å². The lowest BCUT2D eigenvalue weighted by molar-refractivity contribution is 0.706. The van der Waals surface area contributed by atoms with Gasteiger partial charge in [0.1, 0.15) is 5.52 Å². The summed E-state index contributed by atoms with van der Waals surface area (Å²) >= 11 is 12.1. The maximum absolute atomic E-state index is 6.05. The van der Waals surface area contributed by atoms with Gasteiger partial charge in [0.2, 0.25) is 0 Å². The van der Waals surface area contributed by atoms with Gasteiger partial charge in [0.25, 0.3) is 0 Å². The summed E-state index contributed by atoms with van der Waals surface area (Å²) in [6, 6.07) is 8.51. The summed E-state index contributed by atoms with van der Waals surface area (Å²) < 4.78 is 0. The molecule has 0 unspecified atom stereocenters. The molecule has 4 heterocycles. The van der Waals surface area contributed by atoms with E-state index in [9.17, 15) is 0 Å². The van der Waals surface area contributed by atoms with Crippen molar-refractivity contribution in [3.8, 4) is 0 Å². The molecule has 0 saturated heterocycles. The number of hydrogen-bond donors (Lipinski definition) is 0. The van der Waals surface area contributed by atoms with Crippen molar-refractivity contribution in [2.75, 3.05) is 16.6 Å². The average molecular weight is 358 g/mol. The molecule has 0 N–H and O–H groups in total. The molecule has 5 nitrogen and oxygen atoms in total. The molecule has 2 aliphatic rings. The predicted octanol–water partition coefficient (Wildman–Crippen LogP) is 3.94. The Bertz CT molecular complexity index is 1000. The van der Waals surface area contributed by atoms with Crippen molar-refractivity contribution >= 4 is 45.9 Å². The molecule has 120 valence electrons. The van der Waals surface area contributed by atoms with Crippen molar-refractivity contribution in [3.05, 3.63) is 51.3 Å². The molecule has 1 aromatic carbocycles. The highest BCUT2D eigenvalue weighted by molar-refractivity contribution is 6.40. The number of hydrazine groups is 1. The second-order valence-corrected chi connectivity index (χ2v) is 6.79. The van der Waals surface area contributed by atoms with Crippen LogP contribution in [0.2, 0.25) is 10.3 Å². The standard InChI is InChI=1S/C17H13Cl2N5/c1-9-11-8-24-12-5-3-2-4-10(12)6-7-23(24)17(11)22-16-13(9)20-14(18)15(19)21-16/h2-5H,6-8H2,1H3. The molecule has 0 radical (unpaired) electrons. The second-order valence-electron chi connectivity index (χ2n) is 6.08. The third-order valence-electron chi connectivity index (χ3n) is 4.79. The van der Waals surface area contributed by atoms with Crippen molar-refractivity contribution in [1.82, 2.24) is 15.0 Å². The van der Waals surface area contributed by atoms with E-state index in [0.717, 1.165) is 36.4 Å². The largest absolute Gasteiger partial charge is 0.279 e. The molecule has 7 heteroatoms. The summed E-state index contributed by atoms with van der Waals surface area (Å²) in [7, 11) is 0. The number of fused-ring (bicyclic) bond motifs is 6. The molecule has 5 rings (SSSR count). The maximum atomic E-state index is 6.05. The van der Waals surface area contributed by atoms with Gasteiger partial charge in [0, 0.05) is 12.1 Å². The molecular weight excluding hydrogens is 345 g/mol. The van der Waals surface area contributed by atoms with Crippen LogP contribution in [0.25, 0.3) is 11.2 Å². The summed E-state index contributed by atoms with van der Waals surface area (Å²) in [5.74, 6) is 0.946. The van der Waals surface area contributed by atoms with Crippen molar-refractivity contribution < 1.29 is 0 Å². The van der Waals surface area contributed by atoms with E-state index in [4.69, 9.17) is 28.2 Å². The lowest BCUT2D eigenvalue weighted by Crippen LogP contribution is -2.43. The van der Waals surface area contributed by atoms with E-state index in [1.165, 1.54) is 16.8 Å². The topological polar surface area (TPSA) is 45.2 Å². The summed E-state index contributed by atoms with van der Waals surface area (Å²) in [6.07, 6.45) is 0.998. The van der Waals surface area contributed by atoms with Crippen LogP contribution < -0.4 is 10.0 Å². The first-order chi connectivity index (χ1) is 11.6. The van der Waals surface area contributed by atoms with Crippen LogP contribution in [0.5, 0.6) is 0 Å². The zero-order valence-electron chi connectivity index (χ0n) is 12.9. The van der Waals surface area contributed by atoms with Crippen LogP contribution in [0, 0.1) is 6.92 Å². The quantitative estimate of drug-likeness (QED) is 0.609. The van der Waals surface area contributed by atoms with E-state index < -0.39 is 0 Å². The van der Waals surface area contributed by atoms with E-state index in [0.29, 0.717) is 5.65 Å². The Kier molecular flexibility index (Phi) is 2.94. The number of para-hydroxylation sites is 1. The first-order valence-corrected chi connectivity index (χ1v) is 8.54. The zero-order valence-corrected chi connectivity index (χ0v) is 14.4. The molecule has 0 atom stereocenters. The Hall–Kier alpha value is -2.11. The van der Waals surface area contributed by atoms with Gasteiger partial charge in [-0.25, -0.2) is 15.0 Å². The van der Waals surface area contributed by atoms with Crippen LogP contribution >= 0.6 is 23.2 Å². The lowest BCUT2D eigenvalue weighted by Gasteiger charge is -2.36. The molecule has 0 fully saturated rings. The highest BCUT2D eigenvalue weighted by Gasteiger charge is 2.35. The fraction of sp³-hybridized carbons (Fsp3) is 0.235. The minimum atomic E-state index is 0.190. The molecule has 3 aromatic rings. The van der Waals surface area contributed by atoms with Crippen LogP contribution in [0.1, 0.15) is 16.7 Å². The van der Waals surface area contributed by atoms with E-state index >= 15 is 0 Å². The molecular formula is C17H13Cl2N5. The number of pyridine rings is 1. The fourth-order valence-corrected chi connectivity index (χ4v) is 3.84. The predicted molar refractivity (Wildman–Crippen MR) is 95.8 cm³/mol. The molecule has 0 bridgehead atoms. The van der Waals surface area contributed by atoms with Gasteiger partial charge in [0.15, 0.2) is 21.8 Å². The molecule has 2 aromatic heterocycles. The molecule has 0 aliphatic carbocycles. The Morgan fingerprint density at radius 1 is 1.00 bits per heavy atom. The minimum Gasteiger partial charge on any atom is -0.279 e. The molecule has 0 saturated carbocycles. The SMILES string of the molecule is Cc1c2c(nc3nc(Cl)c(Cl)nc13)N1CCc3ccccc3N1C2. The fourth-order valence-electron chi connectivity index (χ4n) is 3.59. The van der Waals surface area contributed by atoms with Crippen LogP contribution in [-0.2, 0) is 13.0 Å². The molecule has 0 spiro atoms. The number of aromatic nitrogens is 3. The van der Waals surface area contributed by atoms with Crippen molar-refractivity contribution in [3.63, 3.8) is 0 Å². The van der Waals surface area contributed by atoms with Crippen molar-refractivity contribution in [2.45, 2.75) is 19.9 Å². The van der Waals surface area contributed by atoms with Gasteiger partial charge in [-0.05, 0) is 30.5 Å². The molecule has 0 amide bonds. The van der Waals surface area contributed by atoms with E-state index in [-0.39, 0.29) is 10.3 Å². The number of nitrogens with zero attached hydrogens (tertiary/aromatic N) is 5. The molecule has 24 heavy (non-hydrogen) atoms. The van der Waals surface area contributed by atoms with Gasteiger partial charge in [-0.1, -0.05) is 41.4 Å². The Balaban J connectivity index is 1.73. The van der Waals surface area contributed by atoms with E-state index in [2.05, 4.69) is 44.3 Å².